The van der Waals surface area contributed by atoms with Gasteiger partial charge in [0.1, 0.15) is 11.5 Å². The summed E-state index contributed by atoms with van der Waals surface area (Å²) in [6, 6.07) is 12.1. The number of ether oxygens (including phenoxy) is 2. The van der Waals surface area contributed by atoms with Crippen LogP contribution in [0.5, 0.6) is 11.5 Å². The lowest BCUT2D eigenvalue weighted by Crippen LogP contribution is -2.17. The highest BCUT2D eigenvalue weighted by Gasteiger charge is 2.22. The summed E-state index contributed by atoms with van der Waals surface area (Å²) in [7, 11) is 1.39. The van der Waals surface area contributed by atoms with Gasteiger partial charge in [0.2, 0.25) is 5.75 Å². The van der Waals surface area contributed by atoms with Gasteiger partial charge in [0.25, 0.3) is 5.91 Å². The van der Waals surface area contributed by atoms with Crippen LogP contribution >= 0.6 is 11.3 Å². The first-order chi connectivity index (χ1) is 15.4. The van der Waals surface area contributed by atoms with Gasteiger partial charge in [-0.05, 0) is 18.1 Å². The molecule has 3 aromatic rings. The van der Waals surface area contributed by atoms with Crippen LogP contribution in [0.1, 0.15) is 33.4 Å². The van der Waals surface area contributed by atoms with Crippen molar-refractivity contribution in [2.75, 3.05) is 12.8 Å². The van der Waals surface area contributed by atoms with Crippen LogP contribution in [0.15, 0.2) is 47.6 Å². The molecule has 0 aliphatic rings. The van der Waals surface area contributed by atoms with Gasteiger partial charge in [-0.2, -0.15) is 5.10 Å². The Bertz CT molecular complexity index is 1150. The van der Waals surface area contributed by atoms with Crippen LogP contribution in [0.25, 0.3) is 0 Å². The molecule has 0 aliphatic carbocycles. The number of nitrogens with zero attached hydrogens (tertiary/aromatic N) is 3. The van der Waals surface area contributed by atoms with Crippen LogP contribution in [0.3, 0.4) is 0 Å². The van der Waals surface area contributed by atoms with E-state index in [-0.39, 0.29) is 23.8 Å². The number of carbonyl (C=O) groups is 1. The predicted molar refractivity (Wildman–Crippen MR) is 121 cm³/mol. The third-order valence-corrected chi connectivity index (χ3v) is 5.26. The summed E-state index contributed by atoms with van der Waals surface area (Å²) in [5, 5.41) is 15.8. The molecule has 0 bridgehead atoms. The number of anilines is 1. The number of nitro groups is 1. The summed E-state index contributed by atoms with van der Waals surface area (Å²) < 4.78 is 11.0. The van der Waals surface area contributed by atoms with Gasteiger partial charge in [-0.1, -0.05) is 48.6 Å². The zero-order chi connectivity index (χ0) is 23.1. The number of hydrazone groups is 1. The normalized spacial score (nSPS) is 10.8. The molecule has 10 nitrogen and oxygen atoms in total. The molecule has 0 fully saturated rings. The molecule has 3 N–H and O–H groups in total. The number of nitrogens with two attached hydrogens (primary N) is 1. The van der Waals surface area contributed by atoms with E-state index in [0.717, 1.165) is 16.9 Å². The van der Waals surface area contributed by atoms with Crippen LogP contribution in [0.2, 0.25) is 0 Å². The predicted octanol–water partition coefficient (Wildman–Crippen LogP) is 3.55. The molecule has 11 heteroatoms. The molecule has 0 atom stereocenters. The van der Waals surface area contributed by atoms with E-state index in [1.165, 1.54) is 25.5 Å². The molecule has 0 radical (unpaired) electrons. The fourth-order valence-electron chi connectivity index (χ4n) is 2.85. The standard InChI is InChI=1S/C21H21N5O5S/c1-3-15-19(32-21(22)24-15)20(27)25-23-11-14-9-16(26(28)29)18(17(10-14)30-2)31-12-13-7-5-4-6-8-13/h4-11H,3,12H2,1-2H3,(H2,22,24)(H,25,27)/b23-11-. The maximum Gasteiger partial charge on any atom is 0.315 e. The number of nitrogens with one attached hydrogen (secondary N) is 1. The molecule has 3 rings (SSSR count). The van der Waals surface area contributed by atoms with Crippen molar-refractivity contribution in [2.24, 2.45) is 5.10 Å². The lowest BCUT2D eigenvalue weighted by molar-refractivity contribution is -0.386. The first-order valence-corrected chi connectivity index (χ1v) is 10.4. The summed E-state index contributed by atoms with van der Waals surface area (Å²) >= 11 is 1.07. The van der Waals surface area contributed by atoms with Gasteiger partial charge in [0.15, 0.2) is 10.9 Å². The topological polar surface area (TPSA) is 142 Å². The lowest BCUT2D eigenvalue weighted by atomic mass is 10.1. The third kappa shape index (κ3) is 5.38. The Kier molecular flexibility index (Phi) is 7.34. The van der Waals surface area contributed by atoms with Crippen LogP contribution in [0.4, 0.5) is 10.8 Å². The average molecular weight is 455 g/mol. The van der Waals surface area contributed by atoms with Gasteiger partial charge in [0, 0.05) is 11.6 Å². The highest BCUT2D eigenvalue weighted by atomic mass is 32.1. The largest absolute Gasteiger partial charge is 0.493 e. The Balaban J connectivity index is 1.80. The van der Waals surface area contributed by atoms with Crippen molar-refractivity contribution in [1.29, 1.82) is 0 Å². The molecule has 32 heavy (non-hydrogen) atoms. The SMILES string of the molecule is CCc1nc(N)sc1C(=O)N/N=C\c1cc(OC)c(OCc2ccccc2)c([N+](=O)[O-])c1. The van der Waals surface area contributed by atoms with Gasteiger partial charge in [-0.25, -0.2) is 10.4 Å². The van der Waals surface area contributed by atoms with Gasteiger partial charge < -0.3 is 15.2 Å². The minimum atomic E-state index is -0.563. The van der Waals surface area contributed by atoms with Crippen molar-refractivity contribution in [3.8, 4) is 11.5 Å². The molecule has 1 aromatic heterocycles. The molecule has 1 amide bonds. The van der Waals surface area contributed by atoms with Crippen LogP contribution in [0, 0.1) is 10.1 Å². The van der Waals surface area contributed by atoms with Crippen LogP contribution in [-0.2, 0) is 13.0 Å². The van der Waals surface area contributed by atoms with Crippen molar-refractivity contribution in [1.82, 2.24) is 10.4 Å². The number of amides is 1. The summed E-state index contributed by atoms with van der Waals surface area (Å²) in [4.78, 5) is 27.9. The van der Waals surface area contributed by atoms with E-state index in [2.05, 4.69) is 15.5 Å². The number of nitro benzene ring substituents is 1. The first-order valence-electron chi connectivity index (χ1n) is 9.54. The number of nitrogen functional groups attached to an aromatic ring is 1. The number of thiazole rings is 1. The Morgan fingerprint density at radius 1 is 1.34 bits per heavy atom. The smallest absolute Gasteiger partial charge is 0.315 e. The van der Waals surface area contributed by atoms with E-state index >= 15 is 0 Å². The maximum absolute atomic E-state index is 12.3. The quantitative estimate of drug-likeness (QED) is 0.285. The second-order valence-corrected chi connectivity index (χ2v) is 7.51. The molecule has 0 spiro atoms. The van der Waals surface area contributed by atoms with E-state index < -0.39 is 10.8 Å². The number of aromatic nitrogens is 1. The molecule has 1 heterocycles. The van der Waals surface area contributed by atoms with E-state index in [9.17, 15) is 14.9 Å². The number of hydrogen-bond acceptors (Lipinski definition) is 9. The fraction of sp³-hybridized carbons (Fsp3) is 0.190. The van der Waals surface area contributed by atoms with E-state index in [1.807, 2.05) is 37.3 Å². The molecule has 0 saturated carbocycles. The fourth-order valence-corrected chi connectivity index (χ4v) is 3.66. The Hall–Kier alpha value is -3.99. The summed E-state index contributed by atoms with van der Waals surface area (Å²) in [6.07, 6.45) is 1.83. The molecule has 166 valence electrons. The second-order valence-electron chi connectivity index (χ2n) is 6.48. The van der Waals surface area contributed by atoms with Crippen molar-refractivity contribution < 1.29 is 19.2 Å². The van der Waals surface area contributed by atoms with E-state index in [1.54, 1.807) is 0 Å². The highest BCUT2D eigenvalue weighted by Crippen LogP contribution is 2.38. The molecule has 2 aromatic carbocycles. The van der Waals surface area contributed by atoms with E-state index in [0.29, 0.717) is 27.7 Å². The summed E-state index contributed by atoms with van der Waals surface area (Å²) in [6.45, 7) is 2.00. The van der Waals surface area contributed by atoms with Crippen LogP contribution in [-0.4, -0.2) is 29.1 Å². The van der Waals surface area contributed by atoms with Gasteiger partial charge >= 0.3 is 5.69 Å². The third-order valence-electron chi connectivity index (χ3n) is 4.33. The van der Waals surface area contributed by atoms with Crippen molar-refractivity contribution in [3.05, 3.63) is 74.3 Å². The number of benzene rings is 2. The number of methoxy groups -OCH3 is 1. The minimum Gasteiger partial charge on any atom is -0.493 e. The molecule has 0 saturated heterocycles. The maximum atomic E-state index is 12.3. The second kappa shape index (κ2) is 10.4. The number of carbonyl (C=O) groups excluding carboxylic acids is 1. The van der Waals surface area contributed by atoms with E-state index in [4.69, 9.17) is 15.2 Å². The van der Waals surface area contributed by atoms with Gasteiger partial charge in [0.05, 0.1) is 23.9 Å². The van der Waals surface area contributed by atoms with Crippen molar-refractivity contribution in [2.45, 2.75) is 20.0 Å². The average Bonchev–Trinajstić information content (AvgIpc) is 3.19. The number of aryl methyl sites for hydroxylation is 1. The van der Waals surface area contributed by atoms with Gasteiger partial charge in [-0.3, -0.25) is 14.9 Å². The Labute approximate surface area is 187 Å². The lowest BCUT2D eigenvalue weighted by Gasteiger charge is -2.12. The monoisotopic (exact) mass is 455 g/mol. The highest BCUT2D eigenvalue weighted by molar-refractivity contribution is 7.17. The van der Waals surface area contributed by atoms with Crippen molar-refractivity contribution in [3.63, 3.8) is 0 Å². The zero-order valence-corrected chi connectivity index (χ0v) is 18.2. The summed E-state index contributed by atoms with van der Waals surface area (Å²) in [5.41, 5.74) is 9.55. The molecular formula is C21H21N5O5S. The minimum absolute atomic E-state index is 0.00950. The molecule has 0 unspecified atom stereocenters. The molecular weight excluding hydrogens is 434 g/mol. The Morgan fingerprint density at radius 3 is 2.75 bits per heavy atom. The Morgan fingerprint density at radius 2 is 2.09 bits per heavy atom. The summed E-state index contributed by atoms with van der Waals surface area (Å²) in [5.74, 6) is -0.279. The molecule has 0 aliphatic heterocycles. The zero-order valence-electron chi connectivity index (χ0n) is 17.4. The number of rotatable bonds is 9. The van der Waals surface area contributed by atoms with Crippen LogP contribution < -0.4 is 20.6 Å². The van der Waals surface area contributed by atoms with Crippen molar-refractivity contribution >= 4 is 34.3 Å². The van der Waals surface area contributed by atoms with Gasteiger partial charge in [-0.15, -0.1) is 0 Å². The first kappa shape index (κ1) is 22.7. The number of hydrogen-bond donors (Lipinski definition) is 2.